The van der Waals surface area contributed by atoms with Crippen molar-refractivity contribution in [2.45, 2.75) is 6.42 Å². The van der Waals surface area contributed by atoms with Crippen molar-refractivity contribution in [1.82, 2.24) is 0 Å². The molecule has 2 heteroatoms. The van der Waals surface area contributed by atoms with E-state index >= 15 is 0 Å². The molecule has 1 heterocycles. The topological polar surface area (TPSA) is 13.1 Å². The van der Waals surface area contributed by atoms with Crippen molar-refractivity contribution in [1.29, 1.82) is 0 Å². The number of rotatable bonds is 1. The Balaban J connectivity index is 2.06. The fourth-order valence-corrected chi connectivity index (χ4v) is 2.47. The van der Waals surface area contributed by atoms with Gasteiger partial charge < -0.3 is 4.42 Å². The molecule has 1 aliphatic rings. The molecule has 0 spiro atoms. The zero-order valence-electron chi connectivity index (χ0n) is 8.03. The van der Waals surface area contributed by atoms with Gasteiger partial charge in [-0.1, -0.05) is 28.1 Å². The Kier molecular flexibility index (Phi) is 2.03. The second-order valence-electron chi connectivity index (χ2n) is 3.63. The molecule has 1 nitrogen and oxygen atoms in total. The van der Waals surface area contributed by atoms with Crippen molar-refractivity contribution in [3.05, 3.63) is 58.0 Å². The maximum Gasteiger partial charge on any atom is 0.130 e. The standard InChI is InChI=1S/C13H9BrO/c14-12-4-1-3-9-7-10(8-11(9)12)13-5-2-6-15-13/h1-7H,8H2. The van der Waals surface area contributed by atoms with Gasteiger partial charge in [0.25, 0.3) is 0 Å². The van der Waals surface area contributed by atoms with Gasteiger partial charge in [-0.25, -0.2) is 0 Å². The summed E-state index contributed by atoms with van der Waals surface area (Å²) in [4.78, 5) is 0. The summed E-state index contributed by atoms with van der Waals surface area (Å²) in [6, 6.07) is 10.2. The van der Waals surface area contributed by atoms with Gasteiger partial charge in [0.05, 0.1) is 6.26 Å². The average Bonchev–Trinajstić information content (AvgIpc) is 2.86. The Morgan fingerprint density at radius 3 is 2.80 bits per heavy atom. The summed E-state index contributed by atoms with van der Waals surface area (Å²) < 4.78 is 6.58. The van der Waals surface area contributed by atoms with E-state index in [1.54, 1.807) is 6.26 Å². The van der Waals surface area contributed by atoms with Crippen LogP contribution in [0.25, 0.3) is 11.6 Å². The molecule has 0 unspecified atom stereocenters. The summed E-state index contributed by atoms with van der Waals surface area (Å²) in [7, 11) is 0. The van der Waals surface area contributed by atoms with Crippen molar-refractivity contribution in [3.63, 3.8) is 0 Å². The van der Waals surface area contributed by atoms with Crippen LogP contribution in [0.3, 0.4) is 0 Å². The average molecular weight is 261 g/mol. The highest BCUT2D eigenvalue weighted by atomic mass is 79.9. The number of halogens is 1. The van der Waals surface area contributed by atoms with Crippen molar-refractivity contribution in [2.24, 2.45) is 0 Å². The third-order valence-electron chi connectivity index (χ3n) is 2.69. The van der Waals surface area contributed by atoms with Crippen molar-refractivity contribution >= 4 is 27.6 Å². The molecular weight excluding hydrogens is 252 g/mol. The summed E-state index contributed by atoms with van der Waals surface area (Å²) >= 11 is 3.57. The lowest BCUT2D eigenvalue weighted by Crippen LogP contribution is -1.85. The minimum absolute atomic E-state index is 0.949. The quantitative estimate of drug-likeness (QED) is 0.751. The summed E-state index contributed by atoms with van der Waals surface area (Å²) in [6.45, 7) is 0. The smallest absolute Gasteiger partial charge is 0.130 e. The van der Waals surface area contributed by atoms with E-state index in [4.69, 9.17) is 4.42 Å². The monoisotopic (exact) mass is 260 g/mol. The Morgan fingerprint density at radius 2 is 2.07 bits per heavy atom. The predicted octanol–water partition coefficient (Wildman–Crippen LogP) is 4.14. The van der Waals surface area contributed by atoms with Gasteiger partial charge in [-0.05, 0) is 41.0 Å². The molecule has 1 aromatic carbocycles. The molecule has 0 amide bonds. The first-order chi connectivity index (χ1) is 7.34. The number of furan rings is 1. The van der Waals surface area contributed by atoms with Crippen molar-refractivity contribution < 1.29 is 4.42 Å². The number of allylic oxidation sites excluding steroid dienone is 1. The molecule has 1 aliphatic carbocycles. The normalized spacial score (nSPS) is 13.8. The minimum Gasteiger partial charge on any atom is -0.465 e. The predicted molar refractivity (Wildman–Crippen MR) is 64.4 cm³/mol. The van der Waals surface area contributed by atoms with Gasteiger partial charge in [-0.15, -0.1) is 0 Å². The van der Waals surface area contributed by atoms with Crippen LogP contribution in [-0.2, 0) is 6.42 Å². The lowest BCUT2D eigenvalue weighted by Gasteiger charge is -2.00. The zero-order chi connectivity index (χ0) is 10.3. The molecule has 0 fully saturated rings. The van der Waals surface area contributed by atoms with Crippen LogP contribution in [0.2, 0.25) is 0 Å². The highest BCUT2D eigenvalue weighted by Gasteiger charge is 2.17. The molecule has 74 valence electrons. The van der Waals surface area contributed by atoms with Gasteiger partial charge in [0.2, 0.25) is 0 Å². The van der Waals surface area contributed by atoms with Crippen LogP contribution in [0.4, 0.5) is 0 Å². The maximum absolute atomic E-state index is 5.40. The van der Waals surface area contributed by atoms with E-state index in [-0.39, 0.29) is 0 Å². The largest absolute Gasteiger partial charge is 0.465 e. The first-order valence-electron chi connectivity index (χ1n) is 4.86. The first kappa shape index (κ1) is 8.98. The Hall–Kier alpha value is -1.28. The van der Waals surface area contributed by atoms with Crippen LogP contribution in [-0.4, -0.2) is 0 Å². The molecule has 0 saturated heterocycles. The summed E-state index contributed by atoms with van der Waals surface area (Å²) in [5.74, 6) is 0.970. The van der Waals surface area contributed by atoms with Gasteiger partial charge in [0.1, 0.15) is 5.76 Å². The molecule has 0 bridgehead atoms. The third-order valence-corrected chi connectivity index (χ3v) is 3.43. The van der Waals surface area contributed by atoms with Crippen LogP contribution >= 0.6 is 15.9 Å². The van der Waals surface area contributed by atoms with E-state index in [1.165, 1.54) is 21.2 Å². The van der Waals surface area contributed by atoms with Crippen LogP contribution in [0, 0.1) is 0 Å². The number of hydrogen-bond acceptors (Lipinski definition) is 1. The molecule has 2 aromatic rings. The molecule has 0 saturated carbocycles. The fourth-order valence-electron chi connectivity index (χ4n) is 1.95. The van der Waals surface area contributed by atoms with Crippen molar-refractivity contribution in [2.75, 3.05) is 0 Å². The lowest BCUT2D eigenvalue weighted by atomic mass is 10.1. The molecule has 0 atom stereocenters. The van der Waals surface area contributed by atoms with Gasteiger partial charge in [-0.2, -0.15) is 0 Å². The van der Waals surface area contributed by atoms with Crippen LogP contribution in [0.15, 0.2) is 45.5 Å². The molecule has 3 rings (SSSR count). The highest BCUT2D eigenvalue weighted by Crippen LogP contribution is 2.35. The van der Waals surface area contributed by atoms with E-state index in [0.717, 1.165) is 12.2 Å². The molecular formula is C13H9BrO. The number of hydrogen-bond donors (Lipinski definition) is 0. The Bertz CT molecular complexity index is 523. The van der Waals surface area contributed by atoms with Gasteiger partial charge in [0, 0.05) is 10.9 Å². The maximum atomic E-state index is 5.40. The first-order valence-corrected chi connectivity index (χ1v) is 5.66. The summed E-state index contributed by atoms with van der Waals surface area (Å²) in [5, 5.41) is 0. The minimum atomic E-state index is 0.949. The van der Waals surface area contributed by atoms with E-state index < -0.39 is 0 Å². The Morgan fingerprint density at radius 1 is 1.13 bits per heavy atom. The van der Waals surface area contributed by atoms with Gasteiger partial charge in [0.15, 0.2) is 0 Å². The third kappa shape index (κ3) is 1.45. The zero-order valence-corrected chi connectivity index (χ0v) is 9.62. The molecule has 15 heavy (non-hydrogen) atoms. The number of fused-ring (bicyclic) bond motifs is 1. The fraction of sp³-hybridized carbons (Fsp3) is 0.0769. The van der Waals surface area contributed by atoms with Gasteiger partial charge >= 0.3 is 0 Å². The molecule has 0 N–H and O–H groups in total. The second-order valence-corrected chi connectivity index (χ2v) is 4.49. The van der Waals surface area contributed by atoms with Crippen LogP contribution in [0.5, 0.6) is 0 Å². The van der Waals surface area contributed by atoms with E-state index in [2.05, 4.69) is 40.2 Å². The molecule has 1 aromatic heterocycles. The van der Waals surface area contributed by atoms with Crippen molar-refractivity contribution in [3.8, 4) is 0 Å². The number of benzene rings is 1. The van der Waals surface area contributed by atoms with E-state index in [1.807, 2.05) is 12.1 Å². The highest BCUT2D eigenvalue weighted by molar-refractivity contribution is 9.10. The Labute approximate surface area is 96.5 Å². The lowest BCUT2D eigenvalue weighted by molar-refractivity contribution is 0.552. The second kappa shape index (κ2) is 3.38. The SMILES string of the molecule is Brc1cccc2c1CC(c1ccco1)=C2. The van der Waals surface area contributed by atoms with E-state index in [9.17, 15) is 0 Å². The van der Waals surface area contributed by atoms with E-state index in [0.29, 0.717) is 0 Å². The summed E-state index contributed by atoms with van der Waals surface area (Å²) in [6.07, 6.45) is 4.86. The van der Waals surface area contributed by atoms with Gasteiger partial charge in [-0.3, -0.25) is 0 Å². The molecule has 0 aliphatic heterocycles. The van der Waals surface area contributed by atoms with Crippen LogP contribution in [0.1, 0.15) is 16.9 Å². The van der Waals surface area contributed by atoms with Crippen LogP contribution < -0.4 is 0 Å². The summed E-state index contributed by atoms with van der Waals surface area (Å²) in [5.41, 5.74) is 3.89. The molecule has 0 radical (unpaired) electrons.